The second-order valence-electron chi connectivity index (χ2n) is 6.67. The minimum absolute atomic E-state index is 0.0214. The van der Waals surface area contributed by atoms with Gasteiger partial charge in [-0.2, -0.15) is 0 Å². The molecule has 5 heteroatoms. The Morgan fingerprint density at radius 2 is 1.91 bits per heavy atom. The van der Waals surface area contributed by atoms with Crippen LogP contribution in [0.15, 0.2) is 35.5 Å². The smallest absolute Gasteiger partial charge is 0.307 e. The van der Waals surface area contributed by atoms with E-state index < -0.39 is 17.8 Å². The number of fused-ring (bicyclic) bond motifs is 2. The maximum atomic E-state index is 12.7. The lowest BCUT2D eigenvalue weighted by Gasteiger charge is -2.26. The molecule has 1 amide bonds. The Morgan fingerprint density at radius 3 is 2.48 bits per heavy atom. The van der Waals surface area contributed by atoms with Crippen molar-refractivity contribution in [2.45, 2.75) is 33.2 Å². The van der Waals surface area contributed by atoms with Gasteiger partial charge in [0.25, 0.3) is 0 Å². The van der Waals surface area contributed by atoms with Crippen molar-refractivity contribution in [2.75, 3.05) is 0 Å². The van der Waals surface area contributed by atoms with Crippen LogP contribution in [-0.4, -0.2) is 22.0 Å². The molecule has 4 atom stereocenters. The van der Waals surface area contributed by atoms with E-state index in [9.17, 15) is 14.7 Å². The molecule has 0 spiro atoms. The van der Waals surface area contributed by atoms with Crippen molar-refractivity contribution < 1.29 is 14.7 Å². The van der Waals surface area contributed by atoms with E-state index in [1.165, 1.54) is 11.1 Å². The van der Waals surface area contributed by atoms with Gasteiger partial charge in [0.05, 0.1) is 24.1 Å². The summed E-state index contributed by atoms with van der Waals surface area (Å²) < 4.78 is 0. The fourth-order valence-electron chi connectivity index (χ4n) is 4.40. The van der Waals surface area contributed by atoms with E-state index in [1.807, 2.05) is 32.0 Å². The van der Waals surface area contributed by atoms with Crippen molar-refractivity contribution in [1.29, 1.82) is 0 Å². The summed E-state index contributed by atoms with van der Waals surface area (Å²) in [4.78, 5) is 28.6. The largest absolute Gasteiger partial charge is 0.481 e. The first-order valence-corrected chi connectivity index (χ1v) is 8.08. The molecule has 2 aliphatic rings. The highest BCUT2D eigenvalue weighted by molar-refractivity contribution is 5.87. The number of aromatic nitrogens is 1. The van der Waals surface area contributed by atoms with Gasteiger partial charge in [-0.25, -0.2) is 0 Å². The van der Waals surface area contributed by atoms with Crippen molar-refractivity contribution >= 4 is 11.9 Å². The van der Waals surface area contributed by atoms with Gasteiger partial charge in [0, 0.05) is 6.20 Å². The zero-order valence-electron chi connectivity index (χ0n) is 13.5. The highest BCUT2D eigenvalue weighted by Crippen LogP contribution is 2.57. The van der Waals surface area contributed by atoms with Crippen molar-refractivity contribution in [3.8, 4) is 0 Å². The van der Waals surface area contributed by atoms with Crippen LogP contribution in [0, 0.1) is 23.7 Å². The molecular weight excluding hydrogens is 292 g/mol. The van der Waals surface area contributed by atoms with Crippen molar-refractivity contribution in [3.05, 3.63) is 41.2 Å². The molecule has 2 saturated carbocycles. The molecule has 1 aromatic rings. The summed E-state index contributed by atoms with van der Waals surface area (Å²) in [5.41, 5.74) is 3.15. The number of hydrogen-bond donors (Lipinski definition) is 2. The van der Waals surface area contributed by atoms with Gasteiger partial charge >= 0.3 is 5.97 Å². The number of hydrogen-bond acceptors (Lipinski definition) is 3. The summed E-state index contributed by atoms with van der Waals surface area (Å²) in [6, 6.07) is 5.54. The van der Waals surface area contributed by atoms with E-state index in [1.54, 1.807) is 6.20 Å². The van der Waals surface area contributed by atoms with Crippen LogP contribution in [-0.2, 0) is 16.1 Å². The lowest BCUT2D eigenvalue weighted by atomic mass is 9.78. The monoisotopic (exact) mass is 314 g/mol. The summed E-state index contributed by atoms with van der Waals surface area (Å²) >= 11 is 0. The number of carboxylic acid groups (broad SMARTS) is 1. The molecule has 1 aromatic heterocycles. The number of carboxylic acids is 1. The SMILES string of the molecule is CC(C)=C1[C@H]2CC[C@@H]1[C@@H](C(=O)NCc1ccccn1)[C@H]2C(=O)O. The van der Waals surface area contributed by atoms with Gasteiger partial charge in [0.1, 0.15) is 0 Å². The van der Waals surface area contributed by atoms with Crippen LogP contribution in [0.4, 0.5) is 0 Å². The molecule has 122 valence electrons. The average molecular weight is 314 g/mol. The van der Waals surface area contributed by atoms with Gasteiger partial charge in [0.15, 0.2) is 0 Å². The number of carbonyl (C=O) groups excluding carboxylic acids is 1. The highest BCUT2D eigenvalue weighted by Gasteiger charge is 2.57. The Morgan fingerprint density at radius 1 is 1.22 bits per heavy atom. The Hall–Kier alpha value is -2.17. The molecule has 3 rings (SSSR count). The van der Waals surface area contributed by atoms with E-state index in [0.29, 0.717) is 6.54 Å². The molecule has 2 fully saturated rings. The fourth-order valence-corrected chi connectivity index (χ4v) is 4.40. The Bertz CT molecular complexity index is 649. The molecule has 23 heavy (non-hydrogen) atoms. The molecule has 2 aliphatic carbocycles. The van der Waals surface area contributed by atoms with Gasteiger partial charge < -0.3 is 10.4 Å². The van der Waals surface area contributed by atoms with E-state index in [4.69, 9.17) is 0 Å². The van der Waals surface area contributed by atoms with Crippen LogP contribution >= 0.6 is 0 Å². The van der Waals surface area contributed by atoms with Crippen LogP contribution in [0.5, 0.6) is 0 Å². The predicted molar refractivity (Wildman–Crippen MR) is 85.3 cm³/mol. The van der Waals surface area contributed by atoms with E-state index >= 15 is 0 Å². The number of nitrogens with one attached hydrogen (secondary N) is 1. The molecule has 5 nitrogen and oxygen atoms in total. The van der Waals surface area contributed by atoms with Gasteiger partial charge in [-0.1, -0.05) is 17.2 Å². The molecule has 0 aromatic carbocycles. The molecule has 2 N–H and O–H groups in total. The quantitative estimate of drug-likeness (QED) is 0.836. The number of nitrogens with zero attached hydrogens (tertiary/aromatic N) is 1. The Balaban J connectivity index is 1.79. The number of carbonyl (C=O) groups is 2. The number of aliphatic carboxylic acids is 1. The minimum Gasteiger partial charge on any atom is -0.481 e. The summed E-state index contributed by atoms with van der Waals surface area (Å²) in [6.45, 7) is 4.38. The average Bonchev–Trinajstić information content (AvgIpc) is 3.09. The number of allylic oxidation sites excluding steroid dienone is 2. The van der Waals surface area contributed by atoms with E-state index in [0.717, 1.165) is 18.5 Å². The van der Waals surface area contributed by atoms with Crippen molar-refractivity contribution in [2.24, 2.45) is 23.7 Å². The van der Waals surface area contributed by atoms with Gasteiger partial charge in [-0.3, -0.25) is 14.6 Å². The van der Waals surface area contributed by atoms with Crippen LogP contribution in [0.25, 0.3) is 0 Å². The van der Waals surface area contributed by atoms with Crippen LogP contribution in [0.3, 0.4) is 0 Å². The summed E-state index contributed by atoms with van der Waals surface area (Å²) in [5.74, 6) is -1.96. The third kappa shape index (κ3) is 2.76. The zero-order chi connectivity index (χ0) is 16.6. The first-order chi connectivity index (χ1) is 11.0. The van der Waals surface area contributed by atoms with E-state index in [-0.39, 0.29) is 17.7 Å². The standard InChI is InChI=1S/C18H22N2O3/c1-10(2)14-12-6-7-13(14)16(18(22)23)15(12)17(21)20-9-11-5-3-4-8-19-11/h3-5,8,12-13,15-16H,6-7,9H2,1-2H3,(H,20,21)(H,22,23)/t12-,13+,15+,16-/m0/s1. The molecule has 0 saturated heterocycles. The minimum atomic E-state index is -0.853. The second kappa shape index (κ2) is 6.14. The van der Waals surface area contributed by atoms with Crippen LogP contribution in [0.2, 0.25) is 0 Å². The first kappa shape index (κ1) is 15.7. The third-order valence-corrected chi connectivity index (χ3v) is 5.18. The topological polar surface area (TPSA) is 79.3 Å². The number of rotatable bonds is 4. The second-order valence-corrected chi connectivity index (χ2v) is 6.67. The third-order valence-electron chi connectivity index (χ3n) is 5.18. The lowest BCUT2D eigenvalue weighted by molar-refractivity contribution is -0.149. The first-order valence-electron chi connectivity index (χ1n) is 8.08. The lowest BCUT2D eigenvalue weighted by Crippen LogP contribution is -2.41. The predicted octanol–water partition coefficient (Wildman–Crippen LogP) is 2.39. The summed E-state index contributed by atoms with van der Waals surface area (Å²) in [5, 5.41) is 12.5. The molecule has 0 radical (unpaired) electrons. The number of amides is 1. The molecule has 0 unspecified atom stereocenters. The Kier molecular flexibility index (Phi) is 4.20. The maximum absolute atomic E-state index is 12.7. The summed E-state index contributed by atoms with van der Waals surface area (Å²) in [6.07, 6.45) is 3.48. The van der Waals surface area contributed by atoms with Gasteiger partial charge in [-0.15, -0.1) is 0 Å². The number of pyridine rings is 1. The molecule has 0 aliphatic heterocycles. The molecular formula is C18H22N2O3. The van der Waals surface area contributed by atoms with Crippen molar-refractivity contribution in [3.63, 3.8) is 0 Å². The zero-order valence-corrected chi connectivity index (χ0v) is 13.5. The van der Waals surface area contributed by atoms with Crippen LogP contribution in [0.1, 0.15) is 32.4 Å². The summed E-state index contributed by atoms with van der Waals surface area (Å²) in [7, 11) is 0. The highest BCUT2D eigenvalue weighted by atomic mass is 16.4. The van der Waals surface area contributed by atoms with E-state index in [2.05, 4.69) is 10.3 Å². The molecule has 2 bridgehead atoms. The maximum Gasteiger partial charge on any atom is 0.307 e. The molecule has 1 heterocycles. The van der Waals surface area contributed by atoms with Gasteiger partial charge in [-0.05, 0) is 50.7 Å². The fraction of sp³-hybridized carbons (Fsp3) is 0.500. The van der Waals surface area contributed by atoms with Crippen LogP contribution < -0.4 is 5.32 Å². The van der Waals surface area contributed by atoms with Gasteiger partial charge in [0.2, 0.25) is 5.91 Å². The Labute approximate surface area is 135 Å². The van der Waals surface area contributed by atoms with Crippen molar-refractivity contribution in [1.82, 2.24) is 10.3 Å². The normalized spacial score (nSPS) is 28.7.